The summed E-state index contributed by atoms with van der Waals surface area (Å²) >= 11 is 0. The maximum Gasteiger partial charge on any atom is 0.308 e. The van der Waals surface area contributed by atoms with E-state index in [9.17, 15) is 4.79 Å². The number of carbonyl (C=O) groups is 1. The normalized spacial score (nSPS) is 24.9. The van der Waals surface area contributed by atoms with E-state index in [1.807, 2.05) is 6.92 Å². The average molecular weight is 144 g/mol. The molecule has 0 saturated carbocycles. The molecule has 0 aromatic heterocycles. The van der Waals surface area contributed by atoms with Crippen molar-refractivity contribution in [3.05, 3.63) is 0 Å². The molecule has 0 aromatic carbocycles. The second-order valence-electron chi connectivity index (χ2n) is 2.33. The van der Waals surface area contributed by atoms with Gasteiger partial charge in [0.1, 0.15) is 0 Å². The Kier molecular flexibility index (Phi) is 2.68. The highest BCUT2D eigenvalue weighted by molar-refractivity contribution is 5.71. The highest BCUT2D eigenvalue weighted by atomic mass is 16.7. The lowest BCUT2D eigenvalue weighted by molar-refractivity contribution is -0.162. The van der Waals surface area contributed by atoms with Gasteiger partial charge in [0.05, 0.1) is 13.0 Å². The van der Waals surface area contributed by atoms with Gasteiger partial charge in [-0.05, 0) is 6.42 Å². The molecule has 1 fully saturated rings. The van der Waals surface area contributed by atoms with E-state index in [-0.39, 0.29) is 12.3 Å². The molecule has 0 bridgehead atoms. The van der Waals surface area contributed by atoms with Crippen LogP contribution < -0.4 is 0 Å². The molecule has 0 radical (unpaired) electrons. The monoisotopic (exact) mass is 144 g/mol. The van der Waals surface area contributed by atoms with Crippen LogP contribution in [-0.2, 0) is 14.3 Å². The molecule has 0 N–H and O–H groups in total. The SMILES string of the molecule is CCCOC1CCC(=O)O1. The lowest BCUT2D eigenvalue weighted by Gasteiger charge is -2.08. The summed E-state index contributed by atoms with van der Waals surface area (Å²) in [6.07, 6.45) is 1.94. The van der Waals surface area contributed by atoms with Crippen LogP contribution in [0, 0.1) is 0 Å². The van der Waals surface area contributed by atoms with Crippen LogP contribution in [0.15, 0.2) is 0 Å². The summed E-state index contributed by atoms with van der Waals surface area (Å²) in [5.41, 5.74) is 0. The van der Waals surface area contributed by atoms with E-state index in [2.05, 4.69) is 0 Å². The molecule has 1 saturated heterocycles. The third kappa shape index (κ3) is 1.99. The van der Waals surface area contributed by atoms with E-state index in [4.69, 9.17) is 9.47 Å². The van der Waals surface area contributed by atoms with Gasteiger partial charge in [0, 0.05) is 6.42 Å². The second-order valence-corrected chi connectivity index (χ2v) is 2.33. The molecule has 0 aromatic rings. The number of esters is 1. The Hall–Kier alpha value is -0.570. The summed E-state index contributed by atoms with van der Waals surface area (Å²) in [7, 11) is 0. The Balaban J connectivity index is 2.12. The van der Waals surface area contributed by atoms with Crippen molar-refractivity contribution in [1.82, 2.24) is 0 Å². The summed E-state index contributed by atoms with van der Waals surface area (Å²) in [6.45, 7) is 2.70. The highest BCUT2D eigenvalue weighted by Crippen LogP contribution is 2.14. The summed E-state index contributed by atoms with van der Waals surface area (Å²) in [5.74, 6) is -0.138. The highest BCUT2D eigenvalue weighted by Gasteiger charge is 2.22. The lowest BCUT2D eigenvalue weighted by atomic mass is 10.3. The van der Waals surface area contributed by atoms with Crippen LogP contribution in [0.25, 0.3) is 0 Å². The molecule has 3 nitrogen and oxygen atoms in total. The van der Waals surface area contributed by atoms with Gasteiger partial charge < -0.3 is 9.47 Å². The topological polar surface area (TPSA) is 35.5 Å². The summed E-state index contributed by atoms with van der Waals surface area (Å²) in [4.78, 5) is 10.5. The van der Waals surface area contributed by atoms with Gasteiger partial charge in [-0.3, -0.25) is 4.79 Å². The summed E-state index contributed by atoms with van der Waals surface area (Å²) in [6, 6.07) is 0. The van der Waals surface area contributed by atoms with Gasteiger partial charge in [-0.1, -0.05) is 6.92 Å². The van der Waals surface area contributed by atoms with Gasteiger partial charge >= 0.3 is 5.97 Å². The Morgan fingerprint density at radius 3 is 3.10 bits per heavy atom. The second kappa shape index (κ2) is 3.56. The number of rotatable bonds is 3. The Labute approximate surface area is 60.3 Å². The predicted octanol–water partition coefficient (Wildman–Crippen LogP) is 1.08. The number of ether oxygens (including phenoxy) is 2. The molecule has 1 atom stereocenters. The first-order chi connectivity index (χ1) is 4.83. The third-order valence-corrected chi connectivity index (χ3v) is 1.35. The molecule has 1 heterocycles. The summed E-state index contributed by atoms with van der Waals surface area (Å²) in [5, 5.41) is 0. The van der Waals surface area contributed by atoms with Crippen molar-refractivity contribution in [3.63, 3.8) is 0 Å². The van der Waals surface area contributed by atoms with Crippen LogP contribution in [0.1, 0.15) is 26.2 Å². The van der Waals surface area contributed by atoms with E-state index < -0.39 is 0 Å². The molecular formula is C7H12O3. The molecule has 0 aliphatic carbocycles. The van der Waals surface area contributed by atoms with Crippen molar-refractivity contribution in [2.24, 2.45) is 0 Å². The van der Waals surface area contributed by atoms with E-state index >= 15 is 0 Å². The van der Waals surface area contributed by atoms with Crippen molar-refractivity contribution in [2.75, 3.05) is 6.61 Å². The van der Waals surface area contributed by atoms with Crippen LogP contribution in [0.2, 0.25) is 0 Å². The van der Waals surface area contributed by atoms with Gasteiger partial charge in [0.2, 0.25) is 6.29 Å². The zero-order valence-electron chi connectivity index (χ0n) is 6.13. The van der Waals surface area contributed by atoms with E-state index in [1.54, 1.807) is 0 Å². The standard InChI is InChI=1S/C7H12O3/c1-2-5-9-7-4-3-6(8)10-7/h7H,2-5H2,1H3. The molecule has 1 rings (SSSR count). The summed E-state index contributed by atoms with van der Waals surface area (Å²) < 4.78 is 9.98. The first kappa shape index (κ1) is 7.54. The molecular weight excluding hydrogens is 132 g/mol. The van der Waals surface area contributed by atoms with Gasteiger partial charge in [0.25, 0.3) is 0 Å². The minimum absolute atomic E-state index is 0.138. The number of hydrogen-bond acceptors (Lipinski definition) is 3. The number of hydrogen-bond donors (Lipinski definition) is 0. The zero-order chi connectivity index (χ0) is 7.40. The largest absolute Gasteiger partial charge is 0.436 e. The fourth-order valence-electron chi connectivity index (χ4n) is 0.867. The molecule has 3 heteroatoms. The third-order valence-electron chi connectivity index (χ3n) is 1.35. The van der Waals surface area contributed by atoms with Crippen LogP contribution >= 0.6 is 0 Å². The smallest absolute Gasteiger partial charge is 0.308 e. The maximum atomic E-state index is 10.5. The zero-order valence-corrected chi connectivity index (χ0v) is 6.13. The van der Waals surface area contributed by atoms with Crippen LogP contribution in [0.3, 0.4) is 0 Å². The predicted molar refractivity (Wildman–Crippen MR) is 35.4 cm³/mol. The molecule has 1 aliphatic rings. The van der Waals surface area contributed by atoms with Crippen molar-refractivity contribution in [2.45, 2.75) is 32.5 Å². The van der Waals surface area contributed by atoms with Crippen molar-refractivity contribution < 1.29 is 14.3 Å². The van der Waals surface area contributed by atoms with E-state index in [0.29, 0.717) is 13.0 Å². The van der Waals surface area contributed by atoms with Crippen LogP contribution in [-0.4, -0.2) is 18.9 Å². The molecule has 0 amide bonds. The van der Waals surface area contributed by atoms with Gasteiger partial charge in [-0.25, -0.2) is 0 Å². The Morgan fingerprint density at radius 1 is 1.80 bits per heavy atom. The first-order valence-corrected chi connectivity index (χ1v) is 3.64. The van der Waals surface area contributed by atoms with E-state index in [1.165, 1.54) is 0 Å². The Morgan fingerprint density at radius 2 is 2.60 bits per heavy atom. The van der Waals surface area contributed by atoms with E-state index in [0.717, 1.165) is 12.8 Å². The van der Waals surface area contributed by atoms with Gasteiger partial charge in [-0.2, -0.15) is 0 Å². The van der Waals surface area contributed by atoms with Crippen LogP contribution in [0.4, 0.5) is 0 Å². The number of cyclic esters (lactones) is 1. The maximum absolute atomic E-state index is 10.5. The minimum atomic E-state index is -0.257. The van der Waals surface area contributed by atoms with Crippen LogP contribution in [0.5, 0.6) is 0 Å². The molecule has 1 unspecified atom stereocenters. The number of carbonyl (C=O) groups excluding carboxylic acids is 1. The first-order valence-electron chi connectivity index (χ1n) is 3.64. The average Bonchev–Trinajstić information content (AvgIpc) is 2.31. The van der Waals surface area contributed by atoms with Crippen molar-refractivity contribution in [1.29, 1.82) is 0 Å². The van der Waals surface area contributed by atoms with Gasteiger partial charge in [0.15, 0.2) is 0 Å². The molecule has 10 heavy (non-hydrogen) atoms. The Bertz CT molecular complexity index is 122. The minimum Gasteiger partial charge on any atom is -0.436 e. The fourth-order valence-corrected chi connectivity index (χ4v) is 0.867. The van der Waals surface area contributed by atoms with Gasteiger partial charge in [-0.15, -0.1) is 0 Å². The lowest BCUT2D eigenvalue weighted by Crippen LogP contribution is -2.11. The van der Waals surface area contributed by atoms with Crippen molar-refractivity contribution in [3.8, 4) is 0 Å². The fraction of sp³-hybridized carbons (Fsp3) is 0.857. The molecule has 0 spiro atoms. The molecule has 58 valence electrons. The van der Waals surface area contributed by atoms with Crippen molar-refractivity contribution >= 4 is 5.97 Å². The quantitative estimate of drug-likeness (QED) is 0.556. The molecule has 1 aliphatic heterocycles.